The van der Waals surface area contributed by atoms with Gasteiger partial charge in [-0.25, -0.2) is 4.98 Å². The first-order valence-electron chi connectivity index (χ1n) is 6.13. The molecule has 0 amide bonds. The van der Waals surface area contributed by atoms with Crippen molar-refractivity contribution in [2.24, 2.45) is 0 Å². The molecule has 2 aromatic rings. The van der Waals surface area contributed by atoms with Crippen LogP contribution in [-0.2, 0) is 13.0 Å². The molecular formula is C14H17NO3S. The molecule has 2 rings (SSSR count). The summed E-state index contributed by atoms with van der Waals surface area (Å²) in [7, 11) is 1.64. The zero-order valence-corrected chi connectivity index (χ0v) is 11.7. The van der Waals surface area contributed by atoms with Crippen molar-refractivity contribution in [1.29, 1.82) is 0 Å². The fourth-order valence-corrected chi connectivity index (χ4v) is 2.47. The van der Waals surface area contributed by atoms with E-state index in [1.165, 1.54) is 0 Å². The highest BCUT2D eigenvalue weighted by Gasteiger charge is 2.01. The molecule has 19 heavy (non-hydrogen) atoms. The quantitative estimate of drug-likeness (QED) is 0.792. The molecule has 0 spiro atoms. The third-order valence-electron chi connectivity index (χ3n) is 2.61. The number of hydrogen-bond donors (Lipinski definition) is 1. The van der Waals surface area contributed by atoms with Crippen molar-refractivity contribution in [3.8, 4) is 11.5 Å². The summed E-state index contributed by atoms with van der Waals surface area (Å²) < 4.78 is 10.8. The minimum Gasteiger partial charge on any atom is -0.497 e. The number of aromatic nitrogens is 1. The Balaban J connectivity index is 1.74. The first-order chi connectivity index (χ1) is 9.31. The molecule has 4 nitrogen and oxygen atoms in total. The smallest absolute Gasteiger partial charge is 0.122 e. The maximum atomic E-state index is 8.93. The van der Waals surface area contributed by atoms with Crippen LogP contribution >= 0.6 is 11.3 Å². The summed E-state index contributed by atoms with van der Waals surface area (Å²) in [5.74, 6) is 1.61. The van der Waals surface area contributed by atoms with Crippen molar-refractivity contribution in [2.45, 2.75) is 19.4 Å². The van der Waals surface area contributed by atoms with Crippen molar-refractivity contribution in [3.63, 3.8) is 0 Å². The van der Waals surface area contributed by atoms with Gasteiger partial charge in [0.25, 0.3) is 0 Å². The molecule has 0 saturated carbocycles. The van der Waals surface area contributed by atoms with Gasteiger partial charge in [-0.15, -0.1) is 11.3 Å². The van der Waals surface area contributed by atoms with E-state index in [-0.39, 0.29) is 6.61 Å². The molecule has 0 aliphatic rings. The predicted molar refractivity (Wildman–Crippen MR) is 74.8 cm³/mol. The summed E-state index contributed by atoms with van der Waals surface area (Å²) >= 11 is 1.58. The average Bonchev–Trinajstić information content (AvgIpc) is 2.92. The number of ether oxygens (including phenoxy) is 2. The number of hydrogen-bond acceptors (Lipinski definition) is 5. The van der Waals surface area contributed by atoms with E-state index in [1.807, 2.05) is 29.6 Å². The second-order valence-electron chi connectivity index (χ2n) is 4.02. The van der Waals surface area contributed by atoms with Crippen LogP contribution in [0.15, 0.2) is 29.6 Å². The number of thiazole rings is 1. The van der Waals surface area contributed by atoms with E-state index in [4.69, 9.17) is 14.6 Å². The number of aryl methyl sites for hydroxylation is 1. The van der Waals surface area contributed by atoms with Gasteiger partial charge in [0.05, 0.1) is 31.0 Å². The van der Waals surface area contributed by atoms with Gasteiger partial charge in [0.2, 0.25) is 0 Å². The van der Waals surface area contributed by atoms with Crippen LogP contribution in [0.4, 0.5) is 0 Å². The number of aliphatic hydroxyl groups is 1. The summed E-state index contributed by atoms with van der Waals surface area (Å²) in [4.78, 5) is 4.29. The van der Waals surface area contributed by atoms with E-state index in [0.29, 0.717) is 6.61 Å². The van der Waals surface area contributed by atoms with E-state index in [0.717, 1.165) is 35.0 Å². The Bertz CT molecular complexity index is 513. The van der Waals surface area contributed by atoms with Crippen LogP contribution in [0, 0.1) is 0 Å². The van der Waals surface area contributed by atoms with Crippen LogP contribution in [0.5, 0.6) is 11.5 Å². The maximum absolute atomic E-state index is 8.93. The van der Waals surface area contributed by atoms with E-state index in [9.17, 15) is 0 Å². The lowest BCUT2D eigenvalue weighted by Crippen LogP contribution is -1.99. The van der Waals surface area contributed by atoms with Crippen LogP contribution in [0.1, 0.15) is 17.1 Å². The van der Waals surface area contributed by atoms with E-state index >= 15 is 0 Å². The normalized spacial score (nSPS) is 10.4. The highest BCUT2D eigenvalue weighted by atomic mass is 32.1. The summed E-state index contributed by atoms with van der Waals surface area (Å²) in [5.41, 5.74) is 0.744. The van der Waals surface area contributed by atoms with Gasteiger partial charge in [-0.2, -0.15) is 0 Å². The lowest BCUT2D eigenvalue weighted by molar-refractivity contribution is 0.277. The average molecular weight is 279 g/mol. The number of benzene rings is 1. The Labute approximate surface area is 116 Å². The zero-order chi connectivity index (χ0) is 13.5. The second kappa shape index (κ2) is 7.11. The first-order valence-corrected chi connectivity index (χ1v) is 7.01. The number of rotatable bonds is 7. The molecule has 0 aliphatic carbocycles. The van der Waals surface area contributed by atoms with E-state index < -0.39 is 0 Å². The second-order valence-corrected chi connectivity index (χ2v) is 4.96. The van der Waals surface area contributed by atoms with Gasteiger partial charge >= 0.3 is 0 Å². The van der Waals surface area contributed by atoms with Crippen molar-refractivity contribution < 1.29 is 14.6 Å². The third-order valence-corrected chi connectivity index (χ3v) is 3.56. The Hall–Kier alpha value is -1.59. The molecule has 102 valence electrons. The van der Waals surface area contributed by atoms with E-state index in [1.54, 1.807) is 18.4 Å². The fourth-order valence-electron chi connectivity index (χ4n) is 1.64. The Morgan fingerprint density at radius 3 is 2.89 bits per heavy atom. The number of methoxy groups -OCH3 is 1. The predicted octanol–water partition coefficient (Wildman–Crippen LogP) is 2.66. The molecular weight excluding hydrogens is 262 g/mol. The lowest BCUT2D eigenvalue weighted by atomic mass is 10.3. The lowest BCUT2D eigenvalue weighted by Gasteiger charge is -2.06. The van der Waals surface area contributed by atoms with Gasteiger partial charge in [-0.1, -0.05) is 6.07 Å². The molecule has 5 heteroatoms. The van der Waals surface area contributed by atoms with Crippen molar-refractivity contribution in [3.05, 3.63) is 40.3 Å². The number of aliphatic hydroxyl groups excluding tert-OH is 1. The monoisotopic (exact) mass is 279 g/mol. The van der Waals surface area contributed by atoms with Crippen LogP contribution in [0.2, 0.25) is 0 Å². The van der Waals surface area contributed by atoms with E-state index in [2.05, 4.69) is 4.98 Å². The minimum atomic E-state index is 0.0107. The molecule has 0 saturated heterocycles. The van der Waals surface area contributed by atoms with Gasteiger partial charge in [-0.3, -0.25) is 0 Å². The molecule has 0 radical (unpaired) electrons. The van der Waals surface area contributed by atoms with Gasteiger partial charge in [0, 0.05) is 17.9 Å². The number of nitrogens with zero attached hydrogens (tertiary/aromatic N) is 1. The maximum Gasteiger partial charge on any atom is 0.122 e. The Morgan fingerprint density at radius 1 is 1.32 bits per heavy atom. The van der Waals surface area contributed by atoms with Crippen molar-refractivity contribution in [2.75, 3.05) is 13.7 Å². The van der Waals surface area contributed by atoms with Gasteiger partial charge in [-0.05, 0) is 18.6 Å². The summed E-state index contributed by atoms with van der Waals surface area (Å²) in [6, 6.07) is 7.57. The van der Waals surface area contributed by atoms with Crippen LogP contribution in [0.25, 0.3) is 0 Å². The van der Waals surface area contributed by atoms with Crippen molar-refractivity contribution >= 4 is 11.3 Å². The van der Waals surface area contributed by atoms with Crippen molar-refractivity contribution in [1.82, 2.24) is 4.98 Å². The van der Waals surface area contributed by atoms with Gasteiger partial charge < -0.3 is 14.6 Å². The molecule has 0 fully saturated rings. The summed E-state index contributed by atoms with van der Waals surface area (Å²) in [5, 5.41) is 11.9. The molecule has 0 unspecified atom stereocenters. The highest BCUT2D eigenvalue weighted by Crippen LogP contribution is 2.19. The third kappa shape index (κ3) is 4.22. The highest BCUT2D eigenvalue weighted by molar-refractivity contribution is 7.09. The summed E-state index contributed by atoms with van der Waals surface area (Å²) in [6.45, 7) is 0.651. The molecule has 1 aromatic heterocycles. The van der Waals surface area contributed by atoms with Crippen LogP contribution in [-0.4, -0.2) is 23.8 Å². The molecule has 0 bridgehead atoms. The molecule has 1 aromatic carbocycles. The SMILES string of the molecule is COc1cccc(OCCCc2nc(CO)cs2)c1. The molecule has 0 atom stereocenters. The Morgan fingerprint density at radius 2 is 2.16 bits per heavy atom. The summed E-state index contributed by atoms with van der Waals surface area (Å²) in [6.07, 6.45) is 1.77. The zero-order valence-electron chi connectivity index (χ0n) is 10.8. The minimum absolute atomic E-state index is 0.0107. The Kier molecular flexibility index (Phi) is 5.18. The van der Waals surface area contributed by atoms with Crippen LogP contribution < -0.4 is 9.47 Å². The standard InChI is InChI=1S/C14H17NO3S/c1-17-12-4-2-5-13(8-12)18-7-3-6-14-15-11(9-16)10-19-14/h2,4-5,8,10,16H,3,6-7,9H2,1H3. The van der Waals surface area contributed by atoms with Crippen LogP contribution in [0.3, 0.4) is 0 Å². The first kappa shape index (κ1) is 13.8. The van der Waals surface area contributed by atoms with Gasteiger partial charge in [0.1, 0.15) is 11.5 Å². The van der Waals surface area contributed by atoms with Gasteiger partial charge in [0.15, 0.2) is 0 Å². The fraction of sp³-hybridized carbons (Fsp3) is 0.357. The largest absolute Gasteiger partial charge is 0.497 e. The molecule has 1 N–H and O–H groups in total. The molecule has 0 aliphatic heterocycles. The molecule has 1 heterocycles. The topological polar surface area (TPSA) is 51.6 Å².